The lowest BCUT2D eigenvalue weighted by Crippen LogP contribution is -2.28. The summed E-state index contributed by atoms with van der Waals surface area (Å²) in [6.07, 6.45) is 3.65. The van der Waals surface area contributed by atoms with E-state index in [-0.39, 0.29) is 11.9 Å². The molecule has 108 valence electrons. The van der Waals surface area contributed by atoms with Crippen molar-refractivity contribution in [3.63, 3.8) is 0 Å². The second-order valence-corrected chi connectivity index (χ2v) is 5.56. The van der Waals surface area contributed by atoms with Crippen molar-refractivity contribution in [2.24, 2.45) is 0 Å². The maximum atomic E-state index is 12.4. The zero-order valence-corrected chi connectivity index (χ0v) is 12.3. The fraction of sp³-hybridized carbons (Fsp3) is 0.294. The Morgan fingerprint density at radius 3 is 2.90 bits per heavy atom. The smallest absolute Gasteiger partial charge is 0.270 e. The number of carbonyl (C=O) groups excluding carboxylic acids is 1. The van der Waals surface area contributed by atoms with Gasteiger partial charge in [0.05, 0.1) is 6.04 Å². The van der Waals surface area contributed by atoms with Crippen LogP contribution in [0.4, 0.5) is 5.69 Å². The van der Waals surface area contributed by atoms with Crippen LogP contribution in [0.3, 0.4) is 0 Å². The van der Waals surface area contributed by atoms with Gasteiger partial charge < -0.3 is 10.2 Å². The lowest BCUT2D eigenvalue weighted by Gasteiger charge is -2.16. The Hall–Kier alpha value is -2.36. The van der Waals surface area contributed by atoms with Gasteiger partial charge in [-0.3, -0.25) is 9.78 Å². The highest BCUT2D eigenvalue weighted by Gasteiger charge is 2.24. The van der Waals surface area contributed by atoms with Crippen LogP contribution in [0.1, 0.15) is 34.1 Å². The molecule has 0 aliphatic heterocycles. The highest BCUT2D eigenvalue weighted by atomic mass is 16.1. The summed E-state index contributed by atoms with van der Waals surface area (Å²) < 4.78 is 0. The predicted molar refractivity (Wildman–Crippen MR) is 83.5 cm³/mol. The summed E-state index contributed by atoms with van der Waals surface area (Å²) in [7, 11) is 3.90. The van der Waals surface area contributed by atoms with Crippen LogP contribution >= 0.6 is 0 Å². The Bertz CT molecular complexity index is 667. The predicted octanol–water partition coefficient (Wildman–Crippen LogP) is 2.56. The molecule has 1 aromatic carbocycles. The van der Waals surface area contributed by atoms with Crippen molar-refractivity contribution in [1.29, 1.82) is 0 Å². The zero-order valence-electron chi connectivity index (χ0n) is 12.3. The Morgan fingerprint density at radius 1 is 1.29 bits per heavy atom. The van der Waals surface area contributed by atoms with Crippen molar-refractivity contribution >= 4 is 11.6 Å². The first-order chi connectivity index (χ1) is 10.1. The third-order valence-corrected chi connectivity index (χ3v) is 3.93. The summed E-state index contributed by atoms with van der Waals surface area (Å²) in [5.41, 5.74) is 4.00. The number of anilines is 1. The molecule has 0 saturated heterocycles. The summed E-state index contributed by atoms with van der Waals surface area (Å²) in [6.45, 7) is 0. The van der Waals surface area contributed by atoms with E-state index in [1.807, 2.05) is 43.3 Å². The van der Waals surface area contributed by atoms with Gasteiger partial charge in [-0.1, -0.05) is 24.3 Å². The second-order valence-electron chi connectivity index (χ2n) is 5.56. The molecule has 0 fully saturated rings. The summed E-state index contributed by atoms with van der Waals surface area (Å²) in [5, 5.41) is 3.10. The van der Waals surface area contributed by atoms with Gasteiger partial charge in [0.25, 0.3) is 5.91 Å². The van der Waals surface area contributed by atoms with E-state index in [9.17, 15) is 4.79 Å². The minimum Gasteiger partial charge on any atom is -0.378 e. The van der Waals surface area contributed by atoms with Crippen LogP contribution in [0.2, 0.25) is 0 Å². The first kappa shape index (κ1) is 13.6. The molecule has 1 N–H and O–H groups in total. The Kier molecular flexibility index (Phi) is 3.60. The number of carbonyl (C=O) groups is 1. The van der Waals surface area contributed by atoms with Crippen molar-refractivity contribution in [3.8, 4) is 0 Å². The van der Waals surface area contributed by atoms with Crippen molar-refractivity contribution in [3.05, 3.63) is 59.4 Å². The highest BCUT2D eigenvalue weighted by molar-refractivity contribution is 5.93. The second kappa shape index (κ2) is 5.56. The van der Waals surface area contributed by atoms with E-state index in [1.54, 1.807) is 6.20 Å². The van der Waals surface area contributed by atoms with Crippen LogP contribution in [0.15, 0.2) is 42.6 Å². The average molecular weight is 281 g/mol. The van der Waals surface area contributed by atoms with Gasteiger partial charge >= 0.3 is 0 Å². The van der Waals surface area contributed by atoms with Crippen LogP contribution in [0.25, 0.3) is 0 Å². The molecule has 0 bridgehead atoms. The molecule has 0 radical (unpaired) electrons. The zero-order chi connectivity index (χ0) is 14.8. The lowest BCUT2D eigenvalue weighted by molar-refractivity contribution is 0.0931. The number of rotatable bonds is 3. The third kappa shape index (κ3) is 2.75. The number of aryl methyl sites for hydroxylation is 1. The molecule has 1 atom stereocenters. The van der Waals surface area contributed by atoms with Crippen LogP contribution in [-0.4, -0.2) is 25.0 Å². The monoisotopic (exact) mass is 281 g/mol. The molecule has 0 spiro atoms. The van der Waals surface area contributed by atoms with Crippen molar-refractivity contribution in [1.82, 2.24) is 10.3 Å². The van der Waals surface area contributed by atoms with Gasteiger partial charge in [0, 0.05) is 26.0 Å². The molecule has 4 nitrogen and oxygen atoms in total. The number of benzene rings is 1. The molecule has 1 aromatic heterocycles. The first-order valence-electron chi connectivity index (χ1n) is 7.17. The number of pyridine rings is 1. The standard InChI is InChI=1S/C17H19N3O/c1-20(2)13-9-10-18-16(11-13)17(21)19-15-8-7-12-5-3-4-6-14(12)15/h3-6,9-11,15H,7-8H2,1-2H3,(H,19,21). The Labute approximate surface area is 124 Å². The number of amides is 1. The molecule has 0 saturated carbocycles. The summed E-state index contributed by atoms with van der Waals surface area (Å²) in [6, 6.07) is 12.1. The summed E-state index contributed by atoms with van der Waals surface area (Å²) in [5.74, 6) is -0.111. The van der Waals surface area contributed by atoms with Gasteiger partial charge in [0.1, 0.15) is 5.69 Å². The van der Waals surface area contributed by atoms with Crippen LogP contribution in [0.5, 0.6) is 0 Å². The molecule has 1 heterocycles. The van der Waals surface area contributed by atoms with Gasteiger partial charge in [-0.15, -0.1) is 0 Å². The van der Waals surface area contributed by atoms with E-state index in [4.69, 9.17) is 0 Å². The number of fused-ring (bicyclic) bond motifs is 1. The Balaban J connectivity index is 1.77. The highest BCUT2D eigenvalue weighted by Crippen LogP contribution is 2.30. The molecule has 1 aliphatic rings. The van der Waals surface area contributed by atoms with E-state index in [0.717, 1.165) is 18.5 Å². The van der Waals surface area contributed by atoms with E-state index in [1.165, 1.54) is 11.1 Å². The molecule has 1 unspecified atom stereocenters. The van der Waals surface area contributed by atoms with Gasteiger partial charge in [0.15, 0.2) is 0 Å². The van der Waals surface area contributed by atoms with E-state index in [2.05, 4.69) is 22.4 Å². The van der Waals surface area contributed by atoms with Crippen LogP contribution in [-0.2, 0) is 6.42 Å². The number of hydrogen-bond acceptors (Lipinski definition) is 3. The summed E-state index contributed by atoms with van der Waals surface area (Å²) >= 11 is 0. The first-order valence-corrected chi connectivity index (χ1v) is 7.17. The maximum absolute atomic E-state index is 12.4. The summed E-state index contributed by atoms with van der Waals surface area (Å²) in [4.78, 5) is 18.5. The van der Waals surface area contributed by atoms with E-state index in [0.29, 0.717) is 5.69 Å². The minimum atomic E-state index is -0.111. The molecule has 3 rings (SSSR count). The average Bonchev–Trinajstić information content (AvgIpc) is 2.91. The number of aromatic nitrogens is 1. The van der Waals surface area contributed by atoms with Crippen LogP contribution in [0, 0.1) is 0 Å². The number of hydrogen-bond donors (Lipinski definition) is 1. The van der Waals surface area contributed by atoms with Crippen LogP contribution < -0.4 is 10.2 Å². The molecular formula is C17H19N3O. The van der Waals surface area contributed by atoms with E-state index < -0.39 is 0 Å². The van der Waals surface area contributed by atoms with Crippen molar-refractivity contribution < 1.29 is 4.79 Å². The normalized spacial score (nSPS) is 16.4. The lowest BCUT2D eigenvalue weighted by atomic mass is 10.1. The van der Waals surface area contributed by atoms with Gasteiger partial charge in [0.2, 0.25) is 0 Å². The van der Waals surface area contributed by atoms with E-state index >= 15 is 0 Å². The van der Waals surface area contributed by atoms with Crippen molar-refractivity contribution in [2.75, 3.05) is 19.0 Å². The topological polar surface area (TPSA) is 45.2 Å². The fourth-order valence-corrected chi connectivity index (χ4v) is 2.76. The maximum Gasteiger partial charge on any atom is 0.270 e. The van der Waals surface area contributed by atoms with Gasteiger partial charge in [-0.25, -0.2) is 0 Å². The molecule has 1 aliphatic carbocycles. The van der Waals surface area contributed by atoms with Gasteiger partial charge in [-0.05, 0) is 36.1 Å². The van der Waals surface area contributed by atoms with Gasteiger partial charge in [-0.2, -0.15) is 0 Å². The number of nitrogens with one attached hydrogen (secondary N) is 1. The minimum absolute atomic E-state index is 0.0958. The molecule has 2 aromatic rings. The molecule has 1 amide bonds. The van der Waals surface area contributed by atoms with Crippen molar-refractivity contribution in [2.45, 2.75) is 18.9 Å². The quantitative estimate of drug-likeness (QED) is 0.940. The number of nitrogens with zero attached hydrogens (tertiary/aromatic N) is 2. The molecular weight excluding hydrogens is 262 g/mol. The molecule has 4 heteroatoms. The fourth-order valence-electron chi connectivity index (χ4n) is 2.76. The Morgan fingerprint density at radius 2 is 2.10 bits per heavy atom. The molecule has 21 heavy (non-hydrogen) atoms. The largest absolute Gasteiger partial charge is 0.378 e. The SMILES string of the molecule is CN(C)c1ccnc(C(=O)NC2CCc3ccccc32)c1. The third-order valence-electron chi connectivity index (χ3n) is 3.93.